The van der Waals surface area contributed by atoms with Crippen molar-refractivity contribution < 1.29 is 23.6 Å². The summed E-state index contributed by atoms with van der Waals surface area (Å²) >= 11 is 0. The Morgan fingerprint density at radius 3 is 2.88 bits per heavy atom. The van der Waals surface area contributed by atoms with Crippen LogP contribution in [0.4, 0.5) is 0 Å². The van der Waals surface area contributed by atoms with Crippen molar-refractivity contribution in [3.8, 4) is 5.75 Å². The van der Waals surface area contributed by atoms with Crippen LogP contribution in [0.15, 0.2) is 27.8 Å². The Bertz CT molecular complexity index is 826. The molecule has 1 aromatic carbocycles. The zero-order chi connectivity index (χ0) is 17.3. The van der Waals surface area contributed by atoms with Gasteiger partial charge in [-0.25, -0.2) is 9.80 Å². The van der Waals surface area contributed by atoms with Crippen LogP contribution in [0.25, 0.3) is 10.9 Å². The molecule has 24 heavy (non-hydrogen) atoms. The first-order valence-electron chi connectivity index (χ1n) is 7.52. The van der Waals surface area contributed by atoms with Gasteiger partial charge in [0, 0.05) is 13.3 Å². The van der Waals surface area contributed by atoms with Crippen LogP contribution in [-0.4, -0.2) is 47.5 Å². The van der Waals surface area contributed by atoms with Gasteiger partial charge >= 0.3 is 5.97 Å². The SMILES string of the molecule is CCOC(=O)C1CC(c2onc3ccc(OC)cc23)=NN1C(C)=O. The molecular weight excluding hydrogens is 314 g/mol. The van der Waals surface area contributed by atoms with E-state index in [2.05, 4.69) is 10.3 Å². The highest BCUT2D eigenvalue weighted by molar-refractivity contribution is 6.11. The number of ether oxygens (including phenoxy) is 2. The average Bonchev–Trinajstić information content (AvgIpc) is 3.18. The van der Waals surface area contributed by atoms with Crippen molar-refractivity contribution in [2.45, 2.75) is 26.3 Å². The molecule has 2 heterocycles. The second-order valence-electron chi connectivity index (χ2n) is 5.28. The first kappa shape index (κ1) is 16.0. The molecular formula is C16H17N3O5. The molecule has 1 aromatic heterocycles. The highest BCUT2D eigenvalue weighted by Gasteiger charge is 2.38. The number of nitrogens with zero attached hydrogens (tertiary/aromatic N) is 3. The molecule has 0 saturated carbocycles. The summed E-state index contributed by atoms with van der Waals surface area (Å²) in [5.74, 6) is 0.232. The van der Waals surface area contributed by atoms with Crippen molar-refractivity contribution >= 4 is 28.5 Å². The summed E-state index contributed by atoms with van der Waals surface area (Å²) in [5, 5.41) is 10.1. The van der Waals surface area contributed by atoms with Gasteiger partial charge in [0.1, 0.15) is 17.0 Å². The maximum absolute atomic E-state index is 12.1. The molecule has 0 bridgehead atoms. The fourth-order valence-electron chi connectivity index (χ4n) is 2.62. The van der Waals surface area contributed by atoms with Crippen LogP contribution < -0.4 is 4.74 Å². The third-order valence-electron chi connectivity index (χ3n) is 3.74. The first-order valence-corrected chi connectivity index (χ1v) is 7.52. The van der Waals surface area contributed by atoms with Gasteiger partial charge in [-0.05, 0) is 25.1 Å². The van der Waals surface area contributed by atoms with Gasteiger partial charge in [0.2, 0.25) is 5.91 Å². The second-order valence-corrected chi connectivity index (χ2v) is 5.28. The van der Waals surface area contributed by atoms with Crippen LogP contribution in [0.1, 0.15) is 26.0 Å². The minimum atomic E-state index is -0.789. The van der Waals surface area contributed by atoms with Crippen LogP contribution in [-0.2, 0) is 14.3 Å². The van der Waals surface area contributed by atoms with Gasteiger partial charge in [-0.1, -0.05) is 5.16 Å². The summed E-state index contributed by atoms with van der Waals surface area (Å²) in [5.41, 5.74) is 1.11. The van der Waals surface area contributed by atoms with Gasteiger partial charge < -0.3 is 14.0 Å². The number of hydrazone groups is 1. The summed E-state index contributed by atoms with van der Waals surface area (Å²) in [6.45, 7) is 3.29. The monoisotopic (exact) mass is 331 g/mol. The summed E-state index contributed by atoms with van der Waals surface area (Å²) < 4.78 is 15.6. The predicted molar refractivity (Wildman–Crippen MR) is 84.7 cm³/mol. The largest absolute Gasteiger partial charge is 0.497 e. The van der Waals surface area contributed by atoms with Crippen molar-refractivity contribution in [2.75, 3.05) is 13.7 Å². The number of rotatable bonds is 4. The lowest BCUT2D eigenvalue weighted by Gasteiger charge is -2.17. The Morgan fingerprint density at radius 1 is 1.42 bits per heavy atom. The van der Waals surface area contributed by atoms with E-state index in [4.69, 9.17) is 14.0 Å². The molecule has 0 N–H and O–H groups in total. The molecule has 1 aliphatic rings. The molecule has 126 valence electrons. The number of esters is 1. The van der Waals surface area contributed by atoms with E-state index in [1.54, 1.807) is 32.2 Å². The molecule has 2 aromatic rings. The van der Waals surface area contributed by atoms with Crippen molar-refractivity contribution in [1.29, 1.82) is 0 Å². The van der Waals surface area contributed by atoms with Gasteiger partial charge in [0.15, 0.2) is 11.8 Å². The first-order chi connectivity index (χ1) is 11.5. The molecule has 1 amide bonds. The predicted octanol–water partition coefficient (Wildman–Crippen LogP) is 1.72. The summed E-state index contributed by atoms with van der Waals surface area (Å²) in [6.07, 6.45) is 0.208. The maximum Gasteiger partial charge on any atom is 0.331 e. The molecule has 1 unspecified atom stereocenters. The number of hydrogen-bond donors (Lipinski definition) is 0. The normalized spacial score (nSPS) is 17.0. The van der Waals surface area contributed by atoms with Crippen LogP contribution in [0, 0.1) is 0 Å². The van der Waals surface area contributed by atoms with Gasteiger partial charge in [-0.3, -0.25) is 4.79 Å². The van der Waals surface area contributed by atoms with Gasteiger partial charge in [0.25, 0.3) is 0 Å². The van der Waals surface area contributed by atoms with E-state index >= 15 is 0 Å². The lowest BCUT2D eigenvalue weighted by Crippen LogP contribution is -2.38. The Kier molecular flexibility index (Phi) is 4.20. The highest BCUT2D eigenvalue weighted by Crippen LogP contribution is 2.28. The van der Waals surface area contributed by atoms with Crippen molar-refractivity contribution in [3.63, 3.8) is 0 Å². The minimum absolute atomic E-state index is 0.208. The van der Waals surface area contributed by atoms with Gasteiger partial charge in [-0.15, -0.1) is 0 Å². The Hall–Kier alpha value is -2.90. The summed E-state index contributed by atoms with van der Waals surface area (Å²) in [6, 6.07) is 4.53. The molecule has 8 heteroatoms. The van der Waals surface area contributed by atoms with E-state index in [9.17, 15) is 9.59 Å². The van der Waals surface area contributed by atoms with Gasteiger partial charge in [0.05, 0.1) is 19.1 Å². The summed E-state index contributed by atoms with van der Waals surface area (Å²) in [4.78, 5) is 23.9. The zero-order valence-corrected chi connectivity index (χ0v) is 13.6. The molecule has 0 radical (unpaired) electrons. The molecule has 1 aliphatic heterocycles. The number of benzene rings is 1. The smallest absolute Gasteiger partial charge is 0.331 e. The number of methoxy groups -OCH3 is 1. The van der Waals surface area contributed by atoms with Crippen molar-refractivity contribution in [2.24, 2.45) is 5.10 Å². The van der Waals surface area contributed by atoms with E-state index < -0.39 is 12.0 Å². The van der Waals surface area contributed by atoms with E-state index in [1.165, 1.54) is 6.92 Å². The third kappa shape index (κ3) is 2.70. The molecule has 0 fully saturated rings. The number of hydrogen-bond acceptors (Lipinski definition) is 7. The number of fused-ring (bicyclic) bond motifs is 1. The fourth-order valence-corrected chi connectivity index (χ4v) is 2.62. The Balaban J connectivity index is 1.99. The topological polar surface area (TPSA) is 94.2 Å². The lowest BCUT2D eigenvalue weighted by molar-refractivity contribution is -0.153. The van der Waals surface area contributed by atoms with E-state index in [0.29, 0.717) is 28.1 Å². The quantitative estimate of drug-likeness (QED) is 0.792. The lowest BCUT2D eigenvalue weighted by atomic mass is 10.1. The summed E-state index contributed by atoms with van der Waals surface area (Å²) in [7, 11) is 1.57. The fraction of sp³-hybridized carbons (Fsp3) is 0.375. The van der Waals surface area contributed by atoms with Gasteiger partial charge in [-0.2, -0.15) is 5.10 Å². The van der Waals surface area contributed by atoms with Crippen LogP contribution in [0.5, 0.6) is 5.75 Å². The van der Waals surface area contributed by atoms with E-state index in [0.717, 1.165) is 5.01 Å². The zero-order valence-electron chi connectivity index (χ0n) is 13.6. The molecule has 0 saturated heterocycles. The third-order valence-corrected chi connectivity index (χ3v) is 3.74. The van der Waals surface area contributed by atoms with Crippen molar-refractivity contribution in [3.05, 3.63) is 24.0 Å². The number of aromatic nitrogens is 1. The van der Waals surface area contributed by atoms with Crippen LogP contribution >= 0.6 is 0 Å². The average molecular weight is 331 g/mol. The molecule has 0 spiro atoms. The van der Waals surface area contributed by atoms with Crippen LogP contribution in [0.3, 0.4) is 0 Å². The van der Waals surface area contributed by atoms with E-state index in [1.807, 2.05) is 0 Å². The van der Waals surface area contributed by atoms with Crippen molar-refractivity contribution in [1.82, 2.24) is 10.2 Å². The number of amides is 1. The highest BCUT2D eigenvalue weighted by atomic mass is 16.5. The van der Waals surface area contributed by atoms with Crippen LogP contribution in [0.2, 0.25) is 0 Å². The second kappa shape index (κ2) is 6.31. The minimum Gasteiger partial charge on any atom is -0.497 e. The van der Waals surface area contributed by atoms with E-state index in [-0.39, 0.29) is 18.9 Å². The maximum atomic E-state index is 12.1. The standard InChI is InChI=1S/C16H17N3O5/c1-4-23-16(21)14-8-13(17-19(14)9(2)20)15-11-7-10(22-3)5-6-12(11)18-24-15/h5-7,14H,4,8H2,1-3H3. The Morgan fingerprint density at radius 2 is 2.21 bits per heavy atom. The molecule has 3 rings (SSSR count). The molecule has 0 aliphatic carbocycles. The number of carbonyl (C=O) groups is 2. The molecule has 1 atom stereocenters. The number of carbonyl (C=O) groups excluding carboxylic acids is 2. The Labute approximate surface area is 138 Å². The molecule has 8 nitrogen and oxygen atoms in total.